The number of halogens is 3. The third-order valence-corrected chi connectivity index (χ3v) is 9.26. The summed E-state index contributed by atoms with van der Waals surface area (Å²) < 4.78 is 56.8. The van der Waals surface area contributed by atoms with Crippen molar-refractivity contribution in [3.63, 3.8) is 0 Å². The minimum absolute atomic E-state index is 0.0955. The number of piperidine rings is 2. The van der Waals surface area contributed by atoms with Gasteiger partial charge in [0.05, 0.1) is 19.2 Å². The van der Waals surface area contributed by atoms with Gasteiger partial charge in [0.1, 0.15) is 30.2 Å². The number of hydrogen-bond acceptors (Lipinski definition) is 8. The molecular weight excluding hydrogens is 629 g/mol. The number of fused-ring (bicyclic) bond motifs is 1. The Bertz CT molecular complexity index is 1310. The van der Waals surface area contributed by atoms with Gasteiger partial charge in [0, 0.05) is 37.4 Å². The molecule has 46 heavy (non-hydrogen) atoms. The van der Waals surface area contributed by atoms with E-state index in [0.717, 1.165) is 10.7 Å². The zero-order valence-corrected chi connectivity index (χ0v) is 28.1. The van der Waals surface area contributed by atoms with Crippen LogP contribution >= 0.6 is 10.0 Å². The van der Waals surface area contributed by atoms with Crippen molar-refractivity contribution in [2.45, 2.75) is 76.5 Å². The molecule has 4 rings (SSSR count). The molecule has 0 spiro atoms. The molecule has 2 fully saturated rings. The topological polar surface area (TPSA) is 118 Å². The third-order valence-electron chi connectivity index (χ3n) is 7.86. The van der Waals surface area contributed by atoms with Crippen molar-refractivity contribution in [3.05, 3.63) is 29.3 Å². The summed E-state index contributed by atoms with van der Waals surface area (Å²) in [6.45, 7) is 4.37. The lowest BCUT2D eigenvalue weighted by atomic mass is 10.0. The van der Waals surface area contributed by atoms with Gasteiger partial charge < -0.3 is 24.4 Å². The zero-order valence-electron chi connectivity index (χ0n) is 27.3. The molecule has 2 saturated heterocycles. The molecule has 3 atom stereocenters. The summed E-state index contributed by atoms with van der Waals surface area (Å²) in [6.07, 6.45) is 1.00. The second-order valence-corrected chi connectivity index (χ2v) is 18.4. The van der Waals surface area contributed by atoms with E-state index in [4.69, 9.17) is 14.2 Å². The smallest absolute Gasteiger partial charge is 0.408 e. The number of nitrogens with one attached hydrogen (secondary N) is 1. The predicted molar refractivity (Wildman–Crippen MR) is 167 cm³/mol. The molecule has 0 aromatic heterocycles. The lowest BCUT2D eigenvalue weighted by molar-refractivity contribution is -0.158. The number of nitrogens with zero attached hydrogens (tertiary/aromatic N) is 3. The number of alkyl halides is 3. The van der Waals surface area contributed by atoms with E-state index in [9.17, 15) is 32.3 Å². The Morgan fingerprint density at radius 3 is 2.46 bits per heavy atom. The van der Waals surface area contributed by atoms with Gasteiger partial charge in [-0.3, -0.25) is 24.2 Å². The standard InChI is InChI=1S/C31H45F3N4O7S/c1-30(2,3)45-29(42)35-23-11-12-36(18-31(32,33)34)17-25(23)44-21-7-8-22-20(15-21)16-37(27(22)40)24-9-10-26(39)38(28(24)41)19-43-13-14-46(4,5)6/h7-8,15,23-25H,9-14,16-19H2,1-6H3,(H,35,42). The van der Waals surface area contributed by atoms with Crippen LogP contribution in [0.25, 0.3) is 0 Å². The van der Waals surface area contributed by atoms with Crippen LogP contribution in [0, 0.1) is 0 Å². The van der Waals surface area contributed by atoms with E-state index < -0.39 is 58.5 Å². The van der Waals surface area contributed by atoms with Crippen LogP contribution in [0.5, 0.6) is 5.75 Å². The first-order valence-corrected chi connectivity index (χ1v) is 18.3. The summed E-state index contributed by atoms with van der Waals surface area (Å²) >= 11 is 0. The van der Waals surface area contributed by atoms with Crippen molar-refractivity contribution in [2.75, 3.05) is 57.5 Å². The molecule has 258 valence electrons. The van der Waals surface area contributed by atoms with Gasteiger partial charge in [-0.05, 0) is 76.1 Å². The van der Waals surface area contributed by atoms with Gasteiger partial charge in [-0.2, -0.15) is 13.2 Å². The van der Waals surface area contributed by atoms with Crippen LogP contribution in [-0.2, 0) is 25.6 Å². The Labute approximate surface area is 269 Å². The van der Waals surface area contributed by atoms with Crippen LogP contribution < -0.4 is 10.1 Å². The second kappa shape index (κ2) is 14.0. The minimum atomic E-state index is -4.40. The van der Waals surface area contributed by atoms with E-state index >= 15 is 0 Å². The normalized spacial score (nSPS) is 23.4. The molecular formula is C31H45F3N4O7S. The first kappa shape index (κ1) is 35.8. The van der Waals surface area contributed by atoms with Crippen molar-refractivity contribution in [1.82, 2.24) is 20.0 Å². The van der Waals surface area contributed by atoms with Crippen LogP contribution in [0.3, 0.4) is 0 Å². The molecule has 1 aromatic rings. The molecule has 0 radical (unpaired) electrons. The van der Waals surface area contributed by atoms with E-state index in [1.165, 1.54) is 9.80 Å². The van der Waals surface area contributed by atoms with E-state index in [1.54, 1.807) is 39.0 Å². The molecule has 3 heterocycles. The number of rotatable bonds is 10. The van der Waals surface area contributed by atoms with Crippen molar-refractivity contribution < 1.29 is 46.6 Å². The molecule has 15 heteroatoms. The quantitative estimate of drug-likeness (QED) is 0.295. The number of alkyl carbamates (subject to hydrolysis) is 1. The highest BCUT2D eigenvalue weighted by atomic mass is 32.3. The number of amides is 4. The average Bonchev–Trinajstić information content (AvgIpc) is 3.22. The minimum Gasteiger partial charge on any atom is -0.487 e. The molecule has 3 aliphatic heterocycles. The maximum Gasteiger partial charge on any atom is 0.408 e. The maximum absolute atomic E-state index is 13.4. The van der Waals surface area contributed by atoms with Crippen molar-refractivity contribution in [3.8, 4) is 5.75 Å². The second-order valence-electron chi connectivity index (χ2n) is 13.8. The lowest BCUT2D eigenvalue weighted by Crippen LogP contribution is -2.58. The Hall–Kier alpha value is -3.04. The Kier molecular flexibility index (Phi) is 10.9. The summed E-state index contributed by atoms with van der Waals surface area (Å²) in [5.74, 6) is -0.0455. The van der Waals surface area contributed by atoms with Gasteiger partial charge in [-0.15, -0.1) is 0 Å². The van der Waals surface area contributed by atoms with Crippen molar-refractivity contribution in [2.24, 2.45) is 0 Å². The number of hydrogen-bond donors (Lipinski definition) is 1. The van der Waals surface area contributed by atoms with Crippen LogP contribution in [0.2, 0.25) is 0 Å². The van der Waals surface area contributed by atoms with Crippen LogP contribution in [0.4, 0.5) is 18.0 Å². The molecule has 1 aromatic carbocycles. The number of imide groups is 1. The number of carbonyl (C=O) groups excluding carboxylic acids is 4. The van der Waals surface area contributed by atoms with E-state index in [2.05, 4.69) is 24.1 Å². The van der Waals surface area contributed by atoms with E-state index in [-0.39, 0.29) is 57.4 Å². The van der Waals surface area contributed by atoms with Gasteiger partial charge in [0.15, 0.2) is 0 Å². The van der Waals surface area contributed by atoms with Crippen molar-refractivity contribution in [1.29, 1.82) is 0 Å². The molecule has 0 bridgehead atoms. The number of ether oxygens (including phenoxy) is 3. The summed E-state index contributed by atoms with van der Waals surface area (Å²) in [7, 11) is -0.803. The lowest BCUT2D eigenvalue weighted by Gasteiger charge is -2.39. The van der Waals surface area contributed by atoms with Crippen LogP contribution in [0.1, 0.15) is 56.0 Å². The van der Waals surface area contributed by atoms with Gasteiger partial charge in [-0.1, -0.05) is 0 Å². The predicted octanol–water partition coefficient (Wildman–Crippen LogP) is 3.74. The number of likely N-dealkylation sites (tertiary alicyclic amines) is 2. The zero-order chi connectivity index (χ0) is 34.0. The fraction of sp³-hybridized carbons (Fsp3) is 0.677. The molecule has 0 saturated carbocycles. The van der Waals surface area contributed by atoms with Gasteiger partial charge >= 0.3 is 12.3 Å². The van der Waals surface area contributed by atoms with Crippen molar-refractivity contribution >= 4 is 33.8 Å². The summed E-state index contributed by atoms with van der Waals surface area (Å²) in [5, 5.41) is 2.74. The highest BCUT2D eigenvalue weighted by Gasteiger charge is 2.43. The Balaban J connectivity index is 1.45. The van der Waals surface area contributed by atoms with E-state index in [1.807, 2.05) is 0 Å². The largest absolute Gasteiger partial charge is 0.487 e. The molecule has 4 amide bonds. The van der Waals surface area contributed by atoms with Crippen LogP contribution in [-0.4, -0.2) is 126 Å². The average molecular weight is 675 g/mol. The summed E-state index contributed by atoms with van der Waals surface area (Å²) in [6, 6.07) is 3.29. The molecule has 3 unspecified atom stereocenters. The molecule has 3 aliphatic rings. The Morgan fingerprint density at radius 1 is 1.09 bits per heavy atom. The van der Waals surface area contributed by atoms with Gasteiger partial charge in [-0.25, -0.2) is 14.8 Å². The van der Waals surface area contributed by atoms with Gasteiger partial charge in [0.2, 0.25) is 5.91 Å². The number of benzene rings is 1. The fourth-order valence-corrected chi connectivity index (χ4v) is 6.27. The monoisotopic (exact) mass is 674 g/mol. The number of carbonyl (C=O) groups is 4. The highest BCUT2D eigenvalue weighted by Crippen LogP contribution is 2.34. The molecule has 0 aliphatic carbocycles. The Morgan fingerprint density at radius 2 is 1.80 bits per heavy atom. The maximum atomic E-state index is 13.4. The molecule has 1 N–H and O–H groups in total. The van der Waals surface area contributed by atoms with Crippen LogP contribution in [0.15, 0.2) is 18.2 Å². The SMILES string of the molecule is CC(C)(C)OC(=O)NC1CCN(CC(F)(F)F)CC1Oc1ccc2c(c1)CN(C1CCC(=O)N(COCCS(C)(C)C)C1=O)C2=O. The van der Waals surface area contributed by atoms with Gasteiger partial charge in [0.25, 0.3) is 11.8 Å². The fourth-order valence-electron chi connectivity index (χ4n) is 5.65. The third kappa shape index (κ3) is 9.74. The summed E-state index contributed by atoms with van der Waals surface area (Å²) in [5.41, 5.74) is 0.196. The first-order valence-electron chi connectivity index (χ1n) is 15.3. The summed E-state index contributed by atoms with van der Waals surface area (Å²) in [4.78, 5) is 55.6. The first-order chi connectivity index (χ1) is 21.3. The molecule has 11 nitrogen and oxygen atoms in total. The highest BCUT2D eigenvalue weighted by molar-refractivity contribution is 8.32. The van der Waals surface area contributed by atoms with E-state index in [0.29, 0.717) is 23.5 Å².